The number of H-pyrrole nitrogens is 1. The zero-order valence-electron chi connectivity index (χ0n) is 11.7. The lowest BCUT2D eigenvalue weighted by molar-refractivity contribution is 0.413. The van der Waals surface area contributed by atoms with Crippen molar-refractivity contribution in [3.8, 4) is 17.0 Å². The van der Waals surface area contributed by atoms with Gasteiger partial charge in [-0.15, -0.1) is 0 Å². The lowest BCUT2D eigenvalue weighted by Crippen LogP contribution is -1.99. The molecule has 0 saturated heterocycles. The summed E-state index contributed by atoms with van der Waals surface area (Å²) in [4.78, 5) is 7.36. The van der Waals surface area contributed by atoms with E-state index in [9.17, 15) is 0 Å². The zero-order chi connectivity index (χ0) is 14.0. The molecule has 19 heavy (non-hydrogen) atoms. The highest BCUT2D eigenvalue weighted by atomic mass is 32.1. The topological polar surface area (TPSA) is 37.9 Å². The van der Waals surface area contributed by atoms with Gasteiger partial charge in [0.1, 0.15) is 10.4 Å². The second-order valence-corrected chi connectivity index (χ2v) is 4.89. The predicted molar refractivity (Wildman–Crippen MR) is 80.3 cm³/mol. The third-order valence-corrected chi connectivity index (χ3v) is 3.81. The van der Waals surface area contributed by atoms with Crippen LogP contribution >= 0.6 is 12.2 Å². The molecular weight excluding hydrogens is 256 g/mol. The van der Waals surface area contributed by atoms with Crippen LogP contribution in [0.5, 0.6) is 5.75 Å². The van der Waals surface area contributed by atoms with Gasteiger partial charge in [-0.05, 0) is 37.5 Å². The average Bonchev–Trinajstić information content (AvgIpc) is 2.41. The highest BCUT2D eigenvalue weighted by molar-refractivity contribution is 7.71. The van der Waals surface area contributed by atoms with E-state index < -0.39 is 0 Å². The van der Waals surface area contributed by atoms with Crippen molar-refractivity contribution < 1.29 is 4.74 Å². The third kappa shape index (κ3) is 2.40. The summed E-state index contributed by atoms with van der Waals surface area (Å²) in [6.45, 7) is 6.23. The Balaban J connectivity index is 2.76. The van der Waals surface area contributed by atoms with Crippen LogP contribution in [0.15, 0.2) is 18.5 Å². The van der Waals surface area contributed by atoms with Gasteiger partial charge >= 0.3 is 0 Å². The lowest BCUT2D eigenvalue weighted by Gasteiger charge is -2.15. The number of methoxy groups -OCH3 is 1. The highest BCUT2D eigenvalue weighted by Crippen LogP contribution is 2.35. The van der Waals surface area contributed by atoms with Gasteiger partial charge in [-0.2, -0.15) is 0 Å². The van der Waals surface area contributed by atoms with E-state index in [2.05, 4.69) is 42.9 Å². The first kappa shape index (κ1) is 13.7. The predicted octanol–water partition coefficient (Wildman–Crippen LogP) is 3.99. The molecule has 0 bridgehead atoms. The first-order valence-electron chi connectivity index (χ1n) is 6.31. The van der Waals surface area contributed by atoms with Crippen LogP contribution < -0.4 is 4.74 Å². The number of nitrogens with one attached hydrogen (secondary N) is 1. The molecular formula is C15H18N2OS. The molecule has 0 aliphatic rings. The number of hydrogen-bond donors (Lipinski definition) is 1. The van der Waals surface area contributed by atoms with Crippen LogP contribution in [0.2, 0.25) is 0 Å². The van der Waals surface area contributed by atoms with Crippen LogP contribution in [0.25, 0.3) is 11.3 Å². The normalized spacial score (nSPS) is 10.5. The molecule has 2 rings (SSSR count). The summed E-state index contributed by atoms with van der Waals surface area (Å²) >= 11 is 5.30. The Kier molecular flexibility index (Phi) is 4.00. The van der Waals surface area contributed by atoms with Crippen LogP contribution in [-0.4, -0.2) is 17.1 Å². The van der Waals surface area contributed by atoms with Gasteiger partial charge in [-0.3, -0.25) is 0 Å². The van der Waals surface area contributed by atoms with Crippen molar-refractivity contribution in [3.63, 3.8) is 0 Å². The molecule has 0 aliphatic heterocycles. The quantitative estimate of drug-likeness (QED) is 0.860. The van der Waals surface area contributed by atoms with Gasteiger partial charge < -0.3 is 9.72 Å². The van der Waals surface area contributed by atoms with E-state index in [0.29, 0.717) is 4.64 Å². The van der Waals surface area contributed by atoms with Gasteiger partial charge in [0, 0.05) is 11.1 Å². The molecule has 100 valence electrons. The van der Waals surface area contributed by atoms with Gasteiger partial charge in [0.15, 0.2) is 0 Å². The Morgan fingerprint density at radius 1 is 1.32 bits per heavy atom. The second kappa shape index (κ2) is 5.53. The maximum Gasteiger partial charge on any atom is 0.133 e. The number of aromatic nitrogens is 2. The van der Waals surface area contributed by atoms with E-state index in [4.69, 9.17) is 17.0 Å². The van der Waals surface area contributed by atoms with Crippen molar-refractivity contribution in [2.45, 2.75) is 27.2 Å². The van der Waals surface area contributed by atoms with Crippen molar-refractivity contribution >= 4 is 12.2 Å². The number of hydrogen-bond acceptors (Lipinski definition) is 3. The standard InChI is InChI=1S/C15H18N2OS/c1-5-11-13(16-8-17-15(11)19)12-7-6-9(2)10(3)14(12)18-4/h6-8H,5H2,1-4H3,(H,16,17,19). The minimum Gasteiger partial charge on any atom is -0.496 e. The van der Waals surface area contributed by atoms with E-state index in [-0.39, 0.29) is 0 Å². The first-order chi connectivity index (χ1) is 9.10. The Hall–Kier alpha value is -1.68. The van der Waals surface area contributed by atoms with Crippen molar-refractivity contribution in [1.82, 2.24) is 9.97 Å². The molecule has 0 radical (unpaired) electrons. The number of benzene rings is 1. The van der Waals surface area contributed by atoms with Crippen molar-refractivity contribution in [1.29, 1.82) is 0 Å². The van der Waals surface area contributed by atoms with Crippen LogP contribution in [-0.2, 0) is 6.42 Å². The summed E-state index contributed by atoms with van der Waals surface area (Å²) < 4.78 is 6.23. The molecule has 1 heterocycles. The van der Waals surface area contributed by atoms with E-state index in [0.717, 1.165) is 34.6 Å². The molecule has 0 aliphatic carbocycles. The Morgan fingerprint density at radius 2 is 2.05 bits per heavy atom. The van der Waals surface area contributed by atoms with Gasteiger partial charge in [0.25, 0.3) is 0 Å². The van der Waals surface area contributed by atoms with Crippen LogP contribution in [0.3, 0.4) is 0 Å². The summed E-state index contributed by atoms with van der Waals surface area (Å²) in [7, 11) is 1.70. The lowest BCUT2D eigenvalue weighted by atomic mass is 9.99. The fourth-order valence-corrected chi connectivity index (χ4v) is 2.54. The summed E-state index contributed by atoms with van der Waals surface area (Å²) in [5.74, 6) is 0.895. The van der Waals surface area contributed by atoms with Crippen LogP contribution in [0.1, 0.15) is 23.6 Å². The number of aromatic amines is 1. The number of aryl methyl sites for hydroxylation is 1. The number of ether oxygens (including phenoxy) is 1. The molecule has 0 amide bonds. The fraction of sp³-hybridized carbons (Fsp3) is 0.333. The Labute approximate surface area is 118 Å². The molecule has 0 saturated carbocycles. The molecule has 4 heteroatoms. The maximum absolute atomic E-state index is 5.58. The van der Waals surface area contributed by atoms with Crippen molar-refractivity contribution in [2.24, 2.45) is 0 Å². The minimum atomic E-state index is 0.650. The van der Waals surface area contributed by atoms with Gasteiger partial charge in [-0.25, -0.2) is 4.98 Å². The van der Waals surface area contributed by atoms with Crippen molar-refractivity contribution in [2.75, 3.05) is 7.11 Å². The monoisotopic (exact) mass is 274 g/mol. The highest BCUT2D eigenvalue weighted by Gasteiger charge is 2.14. The molecule has 2 aromatic rings. The molecule has 0 atom stereocenters. The van der Waals surface area contributed by atoms with E-state index in [1.807, 2.05) is 0 Å². The zero-order valence-corrected chi connectivity index (χ0v) is 12.5. The van der Waals surface area contributed by atoms with Crippen LogP contribution in [0.4, 0.5) is 0 Å². The molecule has 0 fully saturated rings. The molecule has 0 unspecified atom stereocenters. The Morgan fingerprint density at radius 3 is 2.68 bits per heavy atom. The fourth-order valence-electron chi connectivity index (χ4n) is 2.25. The molecule has 3 nitrogen and oxygen atoms in total. The Bertz CT molecular complexity index is 662. The average molecular weight is 274 g/mol. The summed E-state index contributed by atoms with van der Waals surface area (Å²) in [5.41, 5.74) is 5.46. The minimum absolute atomic E-state index is 0.650. The van der Waals surface area contributed by atoms with Gasteiger partial charge in [0.2, 0.25) is 0 Å². The summed E-state index contributed by atoms with van der Waals surface area (Å²) in [6.07, 6.45) is 2.49. The molecule has 0 spiro atoms. The van der Waals surface area contributed by atoms with E-state index >= 15 is 0 Å². The molecule has 1 aromatic heterocycles. The van der Waals surface area contributed by atoms with Gasteiger partial charge in [0.05, 0.1) is 19.1 Å². The summed E-state index contributed by atoms with van der Waals surface area (Å²) in [6, 6.07) is 4.17. The van der Waals surface area contributed by atoms with E-state index in [1.54, 1.807) is 13.4 Å². The summed E-state index contributed by atoms with van der Waals surface area (Å²) in [5, 5.41) is 0. The SMILES string of the molecule is CCc1c(-c2ccc(C)c(C)c2OC)[nH]cnc1=S. The number of rotatable bonds is 3. The smallest absolute Gasteiger partial charge is 0.133 e. The maximum atomic E-state index is 5.58. The van der Waals surface area contributed by atoms with E-state index in [1.165, 1.54) is 5.56 Å². The second-order valence-electron chi connectivity index (χ2n) is 4.50. The van der Waals surface area contributed by atoms with Gasteiger partial charge in [-0.1, -0.05) is 25.2 Å². The number of nitrogens with zero attached hydrogens (tertiary/aromatic N) is 1. The molecule has 1 N–H and O–H groups in total. The molecule has 1 aromatic carbocycles. The third-order valence-electron chi connectivity index (χ3n) is 3.45. The largest absolute Gasteiger partial charge is 0.496 e. The van der Waals surface area contributed by atoms with Crippen LogP contribution in [0, 0.1) is 18.5 Å². The van der Waals surface area contributed by atoms with Crippen molar-refractivity contribution in [3.05, 3.63) is 39.8 Å². The first-order valence-corrected chi connectivity index (χ1v) is 6.72.